The van der Waals surface area contributed by atoms with Gasteiger partial charge < -0.3 is 10.3 Å². The largest absolute Gasteiger partial charge is 0.382 e. The van der Waals surface area contributed by atoms with E-state index in [0.29, 0.717) is 34.2 Å². The third kappa shape index (κ3) is 3.86. The van der Waals surface area contributed by atoms with E-state index in [9.17, 15) is 4.39 Å². The van der Waals surface area contributed by atoms with Gasteiger partial charge in [-0.05, 0) is 49.7 Å². The van der Waals surface area contributed by atoms with Gasteiger partial charge in [0.2, 0.25) is 0 Å². The Morgan fingerprint density at radius 3 is 2.60 bits per heavy atom. The number of nitrogens with zero attached hydrogens (tertiary/aromatic N) is 5. The van der Waals surface area contributed by atoms with Gasteiger partial charge in [-0.3, -0.25) is 15.1 Å². The second kappa shape index (κ2) is 8.28. The minimum absolute atomic E-state index is 0.294. The molecule has 6 aromatic rings. The fourth-order valence-corrected chi connectivity index (χ4v) is 4.13. The van der Waals surface area contributed by atoms with Crippen molar-refractivity contribution in [1.29, 1.82) is 0 Å². The van der Waals surface area contributed by atoms with Crippen LogP contribution in [0.25, 0.3) is 56.0 Å². The number of pyridine rings is 3. The molecule has 8 nitrogen and oxygen atoms in total. The fraction of sp³-hybridized carbons (Fsp3) is 0.115. The maximum atomic E-state index is 13.8. The highest BCUT2D eigenvalue weighted by Crippen LogP contribution is 2.31. The van der Waals surface area contributed by atoms with E-state index in [-0.39, 0.29) is 5.82 Å². The molecule has 3 N–H and O–H groups in total. The lowest BCUT2D eigenvalue weighted by molar-refractivity contribution is 0.628. The summed E-state index contributed by atoms with van der Waals surface area (Å²) < 4.78 is 13.8. The number of aromatic amines is 2. The molecule has 0 spiro atoms. The minimum Gasteiger partial charge on any atom is -0.382 e. The third-order valence-corrected chi connectivity index (χ3v) is 5.65. The Kier molecular flexibility index (Phi) is 4.95. The zero-order chi connectivity index (χ0) is 23.9. The molecule has 172 valence electrons. The molecule has 0 amide bonds. The van der Waals surface area contributed by atoms with Crippen LogP contribution in [-0.4, -0.2) is 41.2 Å². The molecular formula is C26H21FN8. The van der Waals surface area contributed by atoms with Crippen LogP contribution in [0.3, 0.4) is 0 Å². The first-order valence-corrected chi connectivity index (χ1v) is 11.2. The Hall–Kier alpha value is -4.66. The van der Waals surface area contributed by atoms with Crippen LogP contribution in [0.5, 0.6) is 0 Å². The van der Waals surface area contributed by atoms with Crippen molar-refractivity contribution in [3.63, 3.8) is 0 Å². The molecule has 0 atom stereocenters. The quantitative estimate of drug-likeness (QED) is 0.307. The van der Waals surface area contributed by atoms with Gasteiger partial charge in [-0.1, -0.05) is 12.1 Å². The molecule has 0 saturated heterocycles. The topological polar surface area (TPSA) is 108 Å². The minimum atomic E-state index is -0.313. The summed E-state index contributed by atoms with van der Waals surface area (Å²) in [7, 11) is 0. The van der Waals surface area contributed by atoms with Crippen molar-refractivity contribution in [3.05, 3.63) is 73.1 Å². The number of imidazole rings is 1. The lowest BCUT2D eigenvalue weighted by Crippen LogP contribution is -2.09. The van der Waals surface area contributed by atoms with E-state index in [1.54, 1.807) is 30.9 Å². The first kappa shape index (κ1) is 20.9. The van der Waals surface area contributed by atoms with E-state index in [0.717, 1.165) is 33.5 Å². The first-order chi connectivity index (χ1) is 17.0. The van der Waals surface area contributed by atoms with Crippen LogP contribution in [-0.2, 0) is 0 Å². The molecule has 1 aromatic carbocycles. The molecule has 6 rings (SSSR count). The maximum Gasteiger partial charge on any atom is 0.161 e. The Morgan fingerprint density at radius 1 is 0.857 bits per heavy atom. The number of rotatable bonds is 5. The van der Waals surface area contributed by atoms with Crippen molar-refractivity contribution in [2.75, 3.05) is 5.32 Å². The van der Waals surface area contributed by atoms with Gasteiger partial charge >= 0.3 is 0 Å². The van der Waals surface area contributed by atoms with Gasteiger partial charge in [0.1, 0.15) is 11.3 Å². The number of anilines is 1. The molecule has 0 saturated carbocycles. The molecule has 0 aliphatic carbocycles. The third-order valence-electron chi connectivity index (χ3n) is 5.65. The molecule has 0 aliphatic rings. The predicted molar refractivity (Wildman–Crippen MR) is 134 cm³/mol. The summed E-state index contributed by atoms with van der Waals surface area (Å²) in [6.45, 7) is 4.16. The molecule has 0 fully saturated rings. The monoisotopic (exact) mass is 464 g/mol. The number of nitrogens with one attached hydrogen (secondary N) is 3. The Balaban J connectivity index is 1.45. The molecular weight excluding hydrogens is 443 g/mol. The Bertz CT molecular complexity index is 1680. The summed E-state index contributed by atoms with van der Waals surface area (Å²) in [4.78, 5) is 21.6. The number of H-pyrrole nitrogens is 2. The fourth-order valence-electron chi connectivity index (χ4n) is 4.13. The highest BCUT2D eigenvalue weighted by atomic mass is 19.1. The van der Waals surface area contributed by atoms with Crippen molar-refractivity contribution >= 4 is 27.8 Å². The summed E-state index contributed by atoms with van der Waals surface area (Å²) >= 11 is 0. The van der Waals surface area contributed by atoms with Crippen LogP contribution in [0.2, 0.25) is 0 Å². The van der Waals surface area contributed by atoms with Gasteiger partial charge in [0.05, 0.1) is 34.1 Å². The van der Waals surface area contributed by atoms with Crippen molar-refractivity contribution in [2.45, 2.75) is 19.9 Å². The smallest absolute Gasteiger partial charge is 0.161 e. The number of halogens is 1. The van der Waals surface area contributed by atoms with Crippen molar-refractivity contribution < 1.29 is 4.39 Å². The van der Waals surface area contributed by atoms with Crippen LogP contribution in [0, 0.1) is 5.82 Å². The van der Waals surface area contributed by atoms with E-state index < -0.39 is 0 Å². The van der Waals surface area contributed by atoms with Crippen molar-refractivity contribution in [2.24, 2.45) is 0 Å². The lowest BCUT2D eigenvalue weighted by Gasteiger charge is -2.10. The SMILES string of the molecule is CC(C)Nc1cncc(-c2ccc3[nH]nc(-c4nc5c(-c6cccc(F)c6)cncc5[nH]4)c3n2)c1. The zero-order valence-electron chi connectivity index (χ0n) is 19.0. The molecule has 0 radical (unpaired) electrons. The van der Waals surface area contributed by atoms with E-state index in [4.69, 9.17) is 9.97 Å². The highest BCUT2D eigenvalue weighted by Gasteiger charge is 2.17. The van der Waals surface area contributed by atoms with Gasteiger partial charge in [0.15, 0.2) is 11.5 Å². The van der Waals surface area contributed by atoms with Crippen LogP contribution in [0.4, 0.5) is 10.1 Å². The summed E-state index contributed by atoms with van der Waals surface area (Å²) in [5, 5.41) is 10.9. The van der Waals surface area contributed by atoms with Crippen LogP contribution in [0.15, 0.2) is 67.3 Å². The van der Waals surface area contributed by atoms with E-state index in [2.05, 4.69) is 44.3 Å². The Labute approximate surface area is 199 Å². The number of fused-ring (bicyclic) bond motifs is 2. The van der Waals surface area contributed by atoms with Crippen molar-refractivity contribution in [3.8, 4) is 33.9 Å². The normalized spacial score (nSPS) is 11.5. The van der Waals surface area contributed by atoms with Gasteiger partial charge in [-0.25, -0.2) is 14.4 Å². The van der Waals surface area contributed by atoms with E-state index in [1.807, 2.05) is 24.3 Å². The maximum absolute atomic E-state index is 13.8. The van der Waals surface area contributed by atoms with E-state index >= 15 is 0 Å². The summed E-state index contributed by atoms with van der Waals surface area (Å²) in [6.07, 6.45) is 6.97. The second-order valence-corrected chi connectivity index (χ2v) is 8.61. The molecule has 9 heteroatoms. The summed E-state index contributed by atoms with van der Waals surface area (Å²) in [5.74, 6) is 0.238. The zero-order valence-corrected chi connectivity index (χ0v) is 19.0. The summed E-state index contributed by atoms with van der Waals surface area (Å²) in [6, 6.07) is 12.6. The van der Waals surface area contributed by atoms with Crippen molar-refractivity contribution in [1.82, 2.24) is 35.1 Å². The average Bonchev–Trinajstić information content (AvgIpc) is 3.47. The molecule has 0 unspecified atom stereocenters. The first-order valence-electron chi connectivity index (χ1n) is 11.2. The number of hydrogen-bond donors (Lipinski definition) is 3. The number of benzene rings is 1. The molecule has 5 aromatic heterocycles. The highest BCUT2D eigenvalue weighted by molar-refractivity contribution is 5.95. The molecule has 5 heterocycles. The molecule has 0 aliphatic heterocycles. The average molecular weight is 465 g/mol. The second-order valence-electron chi connectivity index (χ2n) is 8.61. The van der Waals surface area contributed by atoms with Gasteiger partial charge in [0.25, 0.3) is 0 Å². The van der Waals surface area contributed by atoms with E-state index in [1.165, 1.54) is 12.1 Å². The Morgan fingerprint density at radius 2 is 1.74 bits per heavy atom. The molecule has 35 heavy (non-hydrogen) atoms. The van der Waals surface area contributed by atoms with Crippen LogP contribution in [0.1, 0.15) is 13.8 Å². The standard InChI is InChI=1S/C26H21FN8/c1-14(2)30-18-9-16(10-28-11-18)20-6-7-21-24(31-20)25(35-34-21)26-32-22-13-29-12-19(23(22)33-26)15-4-3-5-17(27)8-15/h3-14,30H,1-2H3,(H,32,33)(H,34,35). The lowest BCUT2D eigenvalue weighted by atomic mass is 10.1. The van der Waals surface area contributed by atoms with Gasteiger partial charge in [-0.15, -0.1) is 0 Å². The van der Waals surface area contributed by atoms with Gasteiger partial charge in [0, 0.05) is 35.8 Å². The predicted octanol–water partition coefficient (Wildman–Crippen LogP) is 5.58. The number of aromatic nitrogens is 7. The van der Waals surface area contributed by atoms with Gasteiger partial charge in [-0.2, -0.15) is 5.10 Å². The van der Waals surface area contributed by atoms with Crippen LogP contribution >= 0.6 is 0 Å². The molecule has 0 bridgehead atoms. The van der Waals surface area contributed by atoms with Crippen LogP contribution < -0.4 is 5.32 Å². The number of hydrogen-bond acceptors (Lipinski definition) is 6. The summed E-state index contributed by atoms with van der Waals surface area (Å²) in [5.41, 5.74) is 7.52.